The lowest BCUT2D eigenvalue weighted by atomic mass is 10.1. The molecule has 0 unspecified atom stereocenters. The summed E-state index contributed by atoms with van der Waals surface area (Å²) in [5.74, 6) is 1.31. The van der Waals surface area contributed by atoms with Gasteiger partial charge < -0.3 is 10.5 Å². The van der Waals surface area contributed by atoms with E-state index in [0.717, 1.165) is 37.5 Å². The smallest absolute Gasteiger partial charge is 0.147 e. The summed E-state index contributed by atoms with van der Waals surface area (Å²) in [4.78, 5) is 10.7. The van der Waals surface area contributed by atoms with E-state index >= 15 is 0 Å². The molecule has 2 heterocycles. The minimum atomic E-state index is 0.489. The second kappa shape index (κ2) is 7.96. The first-order valence-electron chi connectivity index (χ1n) is 8.74. The number of hydrogen-bond donors (Lipinski definition) is 1. The maximum Gasteiger partial charge on any atom is 0.147 e. The van der Waals surface area contributed by atoms with Crippen LogP contribution in [0.1, 0.15) is 11.1 Å². The topological polar surface area (TPSA) is 60.5 Å². The summed E-state index contributed by atoms with van der Waals surface area (Å²) in [5.41, 5.74) is 10.3. The van der Waals surface area contributed by atoms with Gasteiger partial charge >= 0.3 is 0 Å². The van der Waals surface area contributed by atoms with Gasteiger partial charge in [0.25, 0.3) is 0 Å². The number of amidine groups is 1. The van der Waals surface area contributed by atoms with Crippen molar-refractivity contribution in [2.75, 3.05) is 7.11 Å². The molecular weight excluding hydrogens is 386 g/mol. The summed E-state index contributed by atoms with van der Waals surface area (Å²) < 4.78 is 5.25. The maximum absolute atomic E-state index is 6.30. The quantitative estimate of drug-likeness (QED) is 0.332. The molecule has 0 fully saturated rings. The van der Waals surface area contributed by atoms with Gasteiger partial charge in [-0.15, -0.1) is 11.3 Å². The van der Waals surface area contributed by atoms with E-state index in [1.54, 1.807) is 18.4 Å². The van der Waals surface area contributed by atoms with Crippen LogP contribution in [0, 0.1) is 6.92 Å². The fourth-order valence-corrected chi connectivity index (χ4v) is 4.47. The summed E-state index contributed by atoms with van der Waals surface area (Å²) >= 11 is 3.18. The highest BCUT2D eigenvalue weighted by Gasteiger charge is 2.16. The van der Waals surface area contributed by atoms with Gasteiger partial charge in [-0.25, -0.2) is 9.98 Å². The number of nitrogens with two attached hydrogens (primary N) is 1. The Morgan fingerprint density at radius 1 is 1.04 bits per heavy atom. The first-order valence-corrected chi connectivity index (χ1v) is 10.4. The highest BCUT2D eigenvalue weighted by atomic mass is 32.1. The van der Waals surface area contributed by atoms with Crippen molar-refractivity contribution in [1.82, 2.24) is 4.98 Å². The number of methoxy groups -OCH3 is 1. The van der Waals surface area contributed by atoms with Crippen LogP contribution < -0.4 is 10.5 Å². The molecule has 0 aliphatic carbocycles. The Balaban J connectivity index is 1.77. The predicted molar refractivity (Wildman–Crippen MR) is 119 cm³/mol. The van der Waals surface area contributed by atoms with Crippen LogP contribution in [0.4, 0.5) is 5.00 Å². The van der Waals surface area contributed by atoms with Crippen molar-refractivity contribution in [3.63, 3.8) is 0 Å². The molecule has 0 bridgehead atoms. The third kappa shape index (κ3) is 3.83. The lowest BCUT2D eigenvalue weighted by molar-refractivity contribution is 0.415. The highest BCUT2D eigenvalue weighted by Crippen LogP contribution is 2.41. The Hall–Kier alpha value is -2.96. The number of aromatic nitrogens is 1. The number of thiazole rings is 1. The second-order valence-electron chi connectivity index (χ2n) is 6.24. The average molecular weight is 406 g/mol. The Bertz CT molecular complexity index is 1100. The van der Waals surface area contributed by atoms with Gasteiger partial charge in [-0.3, -0.25) is 0 Å². The lowest BCUT2D eigenvalue weighted by Gasteiger charge is -2.01. The van der Waals surface area contributed by atoms with Gasteiger partial charge in [0.1, 0.15) is 27.3 Å². The molecule has 28 heavy (non-hydrogen) atoms. The van der Waals surface area contributed by atoms with Gasteiger partial charge in [-0.1, -0.05) is 47.2 Å². The maximum atomic E-state index is 6.30. The number of aliphatic imine (C=N–C) groups is 1. The molecule has 0 saturated carbocycles. The number of thiophene rings is 1. The summed E-state index contributed by atoms with van der Waals surface area (Å²) in [6, 6.07) is 20.0. The summed E-state index contributed by atoms with van der Waals surface area (Å²) in [6.07, 6.45) is 0. The number of hydrogen-bond acceptors (Lipinski definition) is 5. The van der Waals surface area contributed by atoms with Crippen LogP contribution in [-0.4, -0.2) is 17.9 Å². The van der Waals surface area contributed by atoms with Gasteiger partial charge in [-0.2, -0.15) is 0 Å². The third-order valence-electron chi connectivity index (χ3n) is 4.27. The van der Waals surface area contributed by atoms with E-state index < -0.39 is 0 Å². The first kappa shape index (κ1) is 18.4. The van der Waals surface area contributed by atoms with E-state index in [2.05, 4.69) is 13.0 Å². The van der Waals surface area contributed by atoms with E-state index in [4.69, 9.17) is 20.4 Å². The molecule has 0 radical (unpaired) electrons. The van der Waals surface area contributed by atoms with E-state index in [-0.39, 0.29) is 0 Å². The van der Waals surface area contributed by atoms with E-state index in [1.807, 2.05) is 60.0 Å². The highest BCUT2D eigenvalue weighted by molar-refractivity contribution is 7.20. The van der Waals surface area contributed by atoms with Crippen LogP contribution in [0.25, 0.3) is 21.1 Å². The fraction of sp³-hybridized carbons (Fsp3) is 0.0909. The molecule has 2 N–H and O–H groups in total. The molecular formula is C22H19N3OS2. The van der Waals surface area contributed by atoms with Crippen molar-refractivity contribution in [2.45, 2.75) is 6.92 Å². The zero-order valence-corrected chi connectivity index (χ0v) is 17.2. The van der Waals surface area contributed by atoms with Gasteiger partial charge in [-0.05, 0) is 42.6 Å². The molecule has 0 saturated heterocycles. The van der Waals surface area contributed by atoms with Crippen LogP contribution >= 0.6 is 22.7 Å². The molecule has 6 heteroatoms. The van der Waals surface area contributed by atoms with Crippen LogP contribution in [0.5, 0.6) is 5.75 Å². The minimum Gasteiger partial charge on any atom is -0.497 e. The summed E-state index contributed by atoms with van der Waals surface area (Å²) in [5, 5.41) is 3.76. The van der Waals surface area contributed by atoms with Crippen molar-refractivity contribution in [1.29, 1.82) is 0 Å². The van der Waals surface area contributed by atoms with Crippen LogP contribution in [0.15, 0.2) is 71.0 Å². The standard InChI is InChI=1S/C22H19N3OS2/c1-14-5-7-15(8-6-14)20(23)25-22-19(18-4-3-13-27-18)24-21(28-22)16-9-11-17(26-2)12-10-16/h3-13H,1-2H3,(H2,23,25). The molecule has 2 aromatic heterocycles. The predicted octanol–water partition coefficient (Wildman–Crippen LogP) is 5.89. The van der Waals surface area contributed by atoms with Crippen LogP contribution in [-0.2, 0) is 0 Å². The Morgan fingerprint density at radius 3 is 2.43 bits per heavy atom. The number of ether oxygens (including phenoxy) is 1. The molecule has 4 rings (SSSR count). The molecule has 4 nitrogen and oxygen atoms in total. The zero-order chi connectivity index (χ0) is 19.5. The molecule has 0 amide bonds. The normalized spacial score (nSPS) is 11.6. The number of rotatable bonds is 5. The molecule has 0 aliphatic rings. The largest absolute Gasteiger partial charge is 0.497 e. The minimum absolute atomic E-state index is 0.489. The lowest BCUT2D eigenvalue weighted by Crippen LogP contribution is -2.12. The van der Waals surface area contributed by atoms with Gasteiger partial charge in [0.15, 0.2) is 0 Å². The summed E-state index contributed by atoms with van der Waals surface area (Å²) in [6.45, 7) is 2.05. The Kier molecular flexibility index (Phi) is 5.23. The van der Waals surface area contributed by atoms with Crippen molar-refractivity contribution in [2.24, 2.45) is 10.7 Å². The molecule has 2 aromatic carbocycles. The van der Waals surface area contributed by atoms with Crippen molar-refractivity contribution < 1.29 is 4.74 Å². The van der Waals surface area contributed by atoms with Gasteiger partial charge in [0.2, 0.25) is 0 Å². The van der Waals surface area contributed by atoms with E-state index in [9.17, 15) is 0 Å². The van der Waals surface area contributed by atoms with Crippen molar-refractivity contribution in [3.05, 3.63) is 77.2 Å². The number of nitrogens with zero attached hydrogens (tertiary/aromatic N) is 2. The second-order valence-corrected chi connectivity index (χ2v) is 8.17. The number of aryl methyl sites for hydroxylation is 1. The average Bonchev–Trinajstić information content (AvgIpc) is 3.38. The van der Waals surface area contributed by atoms with E-state index in [0.29, 0.717) is 5.84 Å². The monoisotopic (exact) mass is 405 g/mol. The summed E-state index contributed by atoms with van der Waals surface area (Å²) in [7, 11) is 1.66. The van der Waals surface area contributed by atoms with Gasteiger partial charge in [0.05, 0.1) is 12.0 Å². The molecule has 4 aromatic rings. The van der Waals surface area contributed by atoms with Crippen LogP contribution in [0.3, 0.4) is 0 Å². The molecule has 0 aliphatic heterocycles. The van der Waals surface area contributed by atoms with Crippen molar-refractivity contribution in [3.8, 4) is 26.9 Å². The molecule has 0 atom stereocenters. The van der Waals surface area contributed by atoms with Gasteiger partial charge in [0, 0.05) is 11.1 Å². The number of benzene rings is 2. The Morgan fingerprint density at radius 2 is 1.79 bits per heavy atom. The van der Waals surface area contributed by atoms with E-state index in [1.165, 1.54) is 16.9 Å². The fourth-order valence-electron chi connectivity index (χ4n) is 2.72. The zero-order valence-electron chi connectivity index (χ0n) is 15.5. The SMILES string of the molecule is COc1ccc(-c2nc(-c3cccs3)c(/N=C(\N)c3ccc(C)cc3)s2)cc1. The third-order valence-corrected chi connectivity index (χ3v) is 6.15. The Labute approximate surface area is 172 Å². The first-order chi connectivity index (χ1) is 13.6. The molecule has 0 spiro atoms. The van der Waals surface area contributed by atoms with Crippen molar-refractivity contribution >= 4 is 33.5 Å². The van der Waals surface area contributed by atoms with Crippen LogP contribution in [0.2, 0.25) is 0 Å². The molecule has 140 valence electrons.